The molecule has 0 spiro atoms. The Labute approximate surface area is 132 Å². The van der Waals surface area contributed by atoms with E-state index >= 15 is 0 Å². The molecule has 0 saturated heterocycles. The standard InChI is InChI=1S/C15H8ClF5O2/c16-8(7-4-2-1-3-5-7)6-9(22)23-15-13(20)11(18)10(17)12(19)14(15)21/h1-5,8H,6H2/t8-/m0/s1. The molecule has 1 atom stereocenters. The molecule has 0 amide bonds. The maximum atomic E-state index is 13.4. The molecule has 0 heterocycles. The predicted molar refractivity (Wildman–Crippen MR) is 71.5 cm³/mol. The van der Waals surface area contributed by atoms with Gasteiger partial charge in [0.25, 0.3) is 0 Å². The average molecular weight is 351 g/mol. The smallest absolute Gasteiger partial charge is 0.313 e. The molecule has 2 rings (SSSR count). The van der Waals surface area contributed by atoms with Crippen molar-refractivity contribution in [1.29, 1.82) is 0 Å². The topological polar surface area (TPSA) is 26.3 Å². The van der Waals surface area contributed by atoms with Gasteiger partial charge in [-0.2, -0.15) is 8.78 Å². The van der Waals surface area contributed by atoms with E-state index in [9.17, 15) is 26.7 Å². The van der Waals surface area contributed by atoms with Gasteiger partial charge >= 0.3 is 5.97 Å². The third kappa shape index (κ3) is 3.61. The number of rotatable bonds is 4. The van der Waals surface area contributed by atoms with Crippen molar-refractivity contribution in [2.45, 2.75) is 11.8 Å². The molecule has 122 valence electrons. The number of carbonyl (C=O) groups is 1. The lowest BCUT2D eigenvalue weighted by Gasteiger charge is -2.11. The van der Waals surface area contributed by atoms with E-state index in [1.807, 2.05) is 0 Å². The Balaban J connectivity index is 2.18. The van der Waals surface area contributed by atoms with Gasteiger partial charge in [-0.3, -0.25) is 4.79 Å². The van der Waals surface area contributed by atoms with Gasteiger partial charge in [0, 0.05) is 0 Å². The van der Waals surface area contributed by atoms with Crippen LogP contribution in [0.2, 0.25) is 0 Å². The van der Waals surface area contributed by atoms with Crippen molar-refractivity contribution in [1.82, 2.24) is 0 Å². The van der Waals surface area contributed by atoms with E-state index in [4.69, 9.17) is 11.6 Å². The second-order valence-electron chi connectivity index (χ2n) is 4.46. The Bertz CT molecular complexity index is 707. The second kappa shape index (κ2) is 6.95. The van der Waals surface area contributed by atoms with Crippen LogP contribution in [0.3, 0.4) is 0 Å². The van der Waals surface area contributed by atoms with Gasteiger partial charge in [0.1, 0.15) is 0 Å². The van der Waals surface area contributed by atoms with Gasteiger partial charge in [-0.25, -0.2) is 13.2 Å². The Kier molecular flexibility index (Phi) is 5.20. The summed E-state index contributed by atoms with van der Waals surface area (Å²) < 4.78 is 69.9. The first-order chi connectivity index (χ1) is 10.8. The highest BCUT2D eigenvalue weighted by molar-refractivity contribution is 6.21. The average Bonchev–Trinajstić information content (AvgIpc) is 2.56. The molecule has 0 aliphatic rings. The largest absolute Gasteiger partial charge is 0.420 e. The maximum absolute atomic E-state index is 13.4. The number of alkyl halides is 1. The molecule has 23 heavy (non-hydrogen) atoms. The summed E-state index contributed by atoms with van der Waals surface area (Å²) in [6.45, 7) is 0. The lowest BCUT2D eigenvalue weighted by atomic mass is 10.1. The van der Waals surface area contributed by atoms with Crippen LogP contribution in [-0.4, -0.2) is 5.97 Å². The van der Waals surface area contributed by atoms with E-state index in [1.165, 1.54) is 0 Å². The van der Waals surface area contributed by atoms with Crippen molar-refractivity contribution in [2.75, 3.05) is 0 Å². The molecule has 2 aromatic rings. The van der Waals surface area contributed by atoms with Crippen LogP contribution < -0.4 is 4.74 Å². The normalized spacial score (nSPS) is 12.1. The monoisotopic (exact) mass is 350 g/mol. The van der Waals surface area contributed by atoms with Gasteiger partial charge in [0.15, 0.2) is 0 Å². The molecular weight excluding hydrogens is 343 g/mol. The van der Waals surface area contributed by atoms with Crippen molar-refractivity contribution in [3.63, 3.8) is 0 Å². The summed E-state index contributed by atoms with van der Waals surface area (Å²) in [5.74, 6) is -14.1. The molecule has 0 aliphatic heterocycles. The molecular formula is C15H8ClF5O2. The van der Waals surface area contributed by atoms with E-state index in [0.717, 1.165) is 0 Å². The van der Waals surface area contributed by atoms with E-state index < -0.39 is 52.6 Å². The molecule has 0 unspecified atom stereocenters. The molecule has 0 aromatic heterocycles. The van der Waals surface area contributed by atoms with Crippen LogP contribution in [0.25, 0.3) is 0 Å². The third-order valence-corrected chi connectivity index (χ3v) is 3.30. The summed E-state index contributed by atoms with van der Waals surface area (Å²) in [6.07, 6.45) is -0.523. The fourth-order valence-electron chi connectivity index (χ4n) is 1.76. The van der Waals surface area contributed by atoms with Crippen molar-refractivity contribution < 1.29 is 31.5 Å². The van der Waals surface area contributed by atoms with Crippen LogP contribution in [0.15, 0.2) is 30.3 Å². The van der Waals surface area contributed by atoms with Gasteiger partial charge in [-0.1, -0.05) is 30.3 Å². The van der Waals surface area contributed by atoms with E-state index in [1.54, 1.807) is 30.3 Å². The minimum atomic E-state index is -2.33. The van der Waals surface area contributed by atoms with Gasteiger partial charge in [-0.05, 0) is 5.56 Å². The number of ether oxygens (including phenoxy) is 1. The molecule has 0 fully saturated rings. The Morgan fingerprint density at radius 1 is 0.913 bits per heavy atom. The van der Waals surface area contributed by atoms with E-state index in [2.05, 4.69) is 4.74 Å². The highest BCUT2D eigenvalue weighted by atomic mass is 35.5. The molecule has 0 bridgehead atoms. The number of halogens is 6. The Hall–Kier alpha value is -2.15. The van der Waals surface area contributed by atoms with Crippen LogP contribution >= 0.6 is 11.6 Å². The summed E-state index contributed by atoms with van der Waals surface area (Å²) in [7, 11) is 0. The van der Waals surface area contributed by atoms with Gasteiger partial charge in [0.2, 0.25) is 34.8 Å². The summed E-state index contributed by atoms with van der Waals surface area (Å²) >= 11 is 5.94. The minimum Gasteiger partial charge on any atom is -0.420 e. The van der Waals surface area contributed by atoms with Crippen LogP contribution in [0, 0.1) is 29.1 Å². The van der Waals surface area contributed by atoms with Crippen LogP contribution in [0.5, 0.6) is 5.75 Å². The highest BCUT2D eigenvalue weighted by Crippen LogP contribution is 2.30. The first-order valence-electron chi connectivity index (χ1n) is 6.24. The Morgan fingerprint density at radius 3 is 1.91 bits per heavy atom. The molecule has 0 radical (unpaired) electrons. The lowest BCUT2D eigenvalue weighted by molar-refractivity contribution is -0.134. The third-order valence-electron chi connectivity index (χ3n) is 2.89. The number of benzene rings is 2. The van der Waals surface area contributed by atoms with Crippen molar-refractivity contribution >= 4 is 17.6 Å². The molecule has 2 aromatic carbocycles. The fraction of sp³-hybridized carbons (Fsp3) is 0.133. The van der Waals surface area contributed by atoms with Crippen LogP contribution in [0.4, 0.5) is 22.0 Å². The molecule has 0 N–H and O–H groups in total. The zero-order chi connectivity index (χ0) is 17.1. The number of hydrogen-bond acceptors (Lipinski definition) is 2. The van der Waals surface area contributed by atoms with E-state index in [-0.39, 0.29) is 0 Å². The Morgan fingerprint density at radius 2 is 1.39 bits per heavy atom. The van der Waals surface area contributed by atoms with Crippen molar-refractivity contribution in [3.05, 3.63) is 65.0 Å². The SMILES string of the molecule is O=C(C[C@H](Cl)c1ccccc1)Oc1c(F)c(F)c(F)c(F)c1F. The zero-order valence-electron chi connectivity index (χ0n) is 11.3. The summed E-state index contributed by atoms with van der Waals surface area (Å²) in [5, 5.41) is -0.884. The summed E-state index contributed by atoms with van der Waals surface area (Å²) in [5.41, 5.74) is 0.531. The van der Waals surface area contributed by atoms with Crippen molar-refractivity contribution in [2.24, 2.45) is 0 Å². The van der Waals surface area contributed by atoms with Gasteiger partial charge in [-0.15, -0.1) is 11.6 Å². The number of carbonyl (C=O) groups excluding carboxylic acids is 1. The molecule has 0 aliphatic carbocycles. The zero-order valence-corrected chi connectivity index (χ0v) is 12.0. The second-order valence-corrected chi connectivity index (χ2v) is 4.98. The fourth-order valence-corrected chi connectivity index (χ4v) is 2.03. The first-order valence-corrected chi connectivity index (χ1v) is 6.67. The van der Waals surface area contributed by atoms with Crippen molar-refractivity contribution in [3.8, 4) is 5.75 Å². The molecule has 2 nitrogen and oxygen atoms in total. The quantitative estimate of drug-likeness (QED) is 0.200. The number of hydrogen-bond donors (Lipinski definition) is 0. The van der Waals surface area contributed by atoms with Gasteiger partial charge < -0.3 is 4.74 Å². The predicted octanol–water partition coefficient (Wildman–Crippen LogP) is 4.66. The van der Waals surface area contributed by atoms with E-state index in [0.29, 0.717) is 5.56 Å². The molecule has 8 heteroatoms. The summed E-state index contributed by atoms with van der Waals surface area (Å²) in [4.78, 5) is 11.6. The maximum Gasteiger partial charge on any atom is 0.313 e. The first kappa shape index (κ1) is 17.2. The van der Waals surface area contributed by atoms with Crippen LogP contribution in [-0.2, 0) is 4.79 Å². The molecule has 0 saturated carbocycles. The van der Waals surface area contributed by atoms with Gasteiger partial charge in [0.05, 0.1) is 11.8 Å². The number of esters is 1. The van der Waals surface area contributed by atoms with Crippen LogP contribution in [0.1, 0.15) is 17.4 Å². The minimum absolute atomic E-state index is 0.523. The summed E-state index contributed by atoms with van der Waals surface area (Å²) in [6, 6.07) is 8.22. The highest BCUT2D eigenvalue weighted by Gasteiger charge is 2.29. The lowest BCUT2D eigenvalue weighted by Crippen LogP contribution is -2.15.